The van der Waals surface area contributed by atoms with Gasteiger partial charge in [-0.05, 0) is 41.1 Å². The minimum Gasteiger partial charge on any atom is -0.507 e. The Balaban J connectivity index is 1.98. The van der Waals surface area contributed by atoms with Crippen molar-refractivity contribution in [2.75, 3.05) is 0 Å². The second-order valence-corrected chi connectivity index (χ2v) is 6.89. The van der Waals surface area contributed by atoms with Gasteiger partial charge in [-0.15, -0.1) is 11.3 Å². The lowest BCUT2D eigenvalue weighted by molar-refractivity contribution is 0.478. The number of rotatable bonds is 3. The second kappa shape index (κ2) is 5.89. The van der Waals surface area contributed by atoms with Gasteiger partial charge in [0, 0.05) is 28.6 Å². The van der Waals surface area contributed by atoms with E-state index in [2.05, 4.69) is 23.4 Å². The van der Waals surface area contributed by atoms with Gasteiger partial charge in [0.2, 0.25) is 0 Å². The van der Waals surface area contributed by atoms with E-state index in [1.54, 1.807) is 17.4 Å². The summed E-state index contributed by atoms with van der Waals surface area (Å²) in [7, 11) is 0. The molecule has 0 aliphatic rings. The molecule has 4 rings (SSSR count). The number of nitrogens with two attached hydrogens (primary N) is 1. The van der Waals surface area contributed by atoms with Crippen molar-refractivity contribution >= 4 is 32.3 Å². The van der Waals surface area contributed by atoms with Gasteiger partial charge in [-0.3, -0.25) is 4.98 Å². The Morgan fingerprint density at radius 2 is 1.92 bits per heavy atom. The number of phenols is 1. The van der Waals surface area contributed by atoms with Crippen LogP contribution >= 0.6 is 11.3 Å². The van der Waals surface area contributed by atoms with E-state index >= 15 is 0 Å². The maximum atomic E-state index is 10.5. The molecule has 0 unspecified atom stereocenters. The molecule has 0 bridgehead atoms. The predicted molar refractivity (Wildman–Crippen MR) is 101 cm³/mol. The average molecular weight is 334 g/mol. The summed E-state index contributed by atoms with van der Waals surface area (Å²) in [4.78, 5) is 4.55. The van der Waals surface area contributed by atoms with Crippen LogP contribution in [0.5, 0.6) is 5.75 Å². The fourth-order valence-electron chi connectivity index (χ4n) is 3.14. The number of aromatic nitrogens is 1. The first-order chi connectivity index (χ1) is 11.7. The van der Waals surface area contributed by atoms with E-state index in [0.717, 1.165) is 44.1 Å². The molecule has 2 aromatic heterocycles. The van der Waals surface area contributed by atoms with Crippen molar-refractivity contribution in [1.82, 2.24) is 4.98 Å². The molecule has 120 valence electrons. The molecule has 0 saturated heterocycles. The minimum atomic E-state index is 0.0467. The summed E-state index contributed by atoms with van der Waals surface area (Å²) < 4.78 is 1.12. The predicted octanol–water partition coefficient (Wildman–Crippen LogP) is 5.23. The van der Waals surface area contributed by atoms with E-state index in [1.807, 2.05) is 36.5 Å². The van der Waals surface area contributed by atoms with Crippen LogP contribution < -0.4 is 5.73 Å². The largest absolute Gasteiger partial charge is 0.507 e. The Morgan fingerprint density at radius 3 is 2.67 bits per heavy atom. The third kappa shape index (κ3) is 2.35. The fraction of sp³-hybridized carbons (Fsp3) is 0.150. The third-order valence-corrected chi connectivity index (χ3v) is 5.37. The fourth-order valence-corrected chi connectivity index (χ4v) is 3.90. The van der Waals surface area contributed by atoms with E-state index in [4.69, 9.17) is 5.73 Å². The average Bonchev–Trinajstić information content (AvgIpc) is 3.10. The molecule has 2 heterocycles. The first kappa shape index (κ1) is 15.1. The molecule has 0 fully saturated rings. The molecule has 0 amide bonds. The number of aromatic hydroxyl groups is 1. The van der Waals surface area contributed by atoms with Crippen LogP contribution in [0.15, 0.2) is 54.0 Å². The summed E-state index contributed by atoms with van der Waals surface area (Å²) in [6.07, 6.45) is 2.80. The van der Waals surface area contributed by atoms with Crippen LogP contribution in [-0.4, -0.2) is 10.1 Å². The maximum Gasteiger partial charge on any atom is 0.124 e. The van der Waals surface area contributed by atoms with Gasteiger partial charge in [0.05, 0.1) is 10.2 Å². The van der Waals surface area contributed by atoms with Crippen LogP contribution in [-0.2, 0) is 0 Å². The van der Waals surface area contributed by atoms with Crippen LogP contribution in [0.4, 0.5) is 0 Å². The highest BCUT2D eigenvalue weighted by atomic mass is 32.1. The molecular weight excluding hydrogens is 316 g/mol. The van der Waals surface area contributed by atoms with Gasteiger partial charge in [-0.1, -0.05) is 31.2 Å². The third-order valence-electron chi connectivity index (χ3n) is 4.51. The lowest BCUT2D eigenvalue weighted by Crippen LogP contribution is -2.08. The molecule has 0 spiro atoms. The molecule has 3 nitrogen and oxygen atoms in total. The molecule has 3 N–H and O–H groups in total. The summed E-state index contributed by atoms with van der Waals surface area (Å²) in [6.45, 7) is 2.08. The van der Waals surface area contributed by atoms with Gasteiger partial charge in [0.1, 0.15) is 5.75 Å². The number of pyridine rings is 1. The molecule has 24 heavy (non-hydrogen) atoms. The Bertz CT molecular complexity index is 1020. The van der Waals surface area contributed by atoms with E-state index in [9.17, 15) is 5.11 Å². The van der Waals surface area contributed by atoms with Crippen LogP contribution in [0.2, 0.25) is 0 Å². The van der Waals surface area contributed by atoms with Crippen LogP contribution in [0.25, 0.3) is 32.1 Å². The van der Waals surface area contributed by atoms with Gasteiger partial charge in [-0.2, -0.15) is 0 Å². The minimum absolute atomic E-state index is 0.0467. The monoisotopic (exact) mass is 334 g/mol. The molecular formula is C20H18N2OS. The highest BCUT2D eigenvalue weighted by molar-refractivity contribution is 7.17. The molecule has 0 radical (unpaired) electrons. The highest BCUT2D eigenvalue weighted by Gasteiger charge is 2.14. The van der Waals surface area contributed by atoms with Gasteiger partial charge in [-0.25, -0.2) is 0 Å². The Morgan fingerprint density at radius 1 is 1.12 bits per heavy atom. The Kier molecular flexibility index (Phi) is 3.71. The van der Waals surface area contributed by atoms with Crippen molar-refractivity contribution in [3.63, 3.8) is 0 Å². The number of thiophene rings is 1. The number of hydrogen-bond donors (Lipinski definition) is 2. The summed E-state index contributed by atoms with van der Waals surface area (Å²) in [5, 5.41) is 14.7. The smallest absolute Gasteiger partial charge is 0.124 e. The second-order valence-electron chi connectivity index (χ2n) is 5.95. The first-order valence-corrected chi connectivity index (χ1v) is 8.90. The van der Waals surface area contributed by atoms with E-state index in [1.165, 1.54) is 0 Å². The van der Waals surface area contributed by atoms with Gasteiger partial charge < -0.3 is 10.8 Å². The number of nitrogens with zero attached hydrogens (tertiary/aromatic N) is 1. The summed E-state index contributed by atoms with van der Waals surface area (Å²) in [5.74, 6) is 0.274. The van der Waals surface area contributed by atoms with Crippen molar-refractivity contribution in [1.29, 1.82) is 0 Å². The molecule has 0 saturated carbocycles. The van der Waals surface area contributed by atoms with Gasteiger partial charge in [0.15, 0.2) is 0 Å². The number of benzene rings is 2. The van der Waals surface area contributed by atoms with Crippen molar-refractivity contribution in [2.24, 2.45) is 5.73 Å². The lowest BCUT2D eigenvalue weighted by atomic mass is 9.95. The number of fused-ring (bicyclic) bond motifs is 3. The van der Waals surface area contributed by atoms with E-state index in [-0.39, 0.29) is 11.8 Å². The molecule has 4 heteroatoms. The zero-order valence-corrected chi connectivity index (χ0v) is 14.2. The van der Waals surface area contributed by atoms with E-state index < -0.39 is 0 Å². The van der Waals surface area contributed by atoms with Crippen LogP contribution in [0, 0.1) is 0 Å². The number of phenolic OH excluding ortho intramolecular Hbond substituents is 1. The molecule has 0 aliphatic carbocycles. The Hall–Kier alpha value is -2.43. The molecule has 4 aromatic rings. The quantitative estimate of drug-likeness (QED) is 0.539. The SMILES string of the molecule is CC[C@H](N)c1ccc(-c2c(O)ccc3ncc4sccc4c23)cc1. The van der Waals surface area contributed by atoms with Crippen molar-refractivity contribution in [3.05, 3.63) is 59.6 Å². The van der Waals surface area contributed by atoms with E-state index in [0.29, 0.717) is 0 Å². The van der Waals surface area contributed by atoms with Gasteiger partial charge in [0.25, 0.3) is 0 Å². The van der Waals surface area contributed by atoms with Crippen molar-refractivity contribution in [3.8, 4) is 16.9 Å². The van der Waals surface area contributed by atoms with Crippen molar-refractivity contribution < 1.29 is 5.11 Å². The normalized spacial score (nSPS) is 12.8. The van der Waals surface area contributed by atoms with Crippen LogP contribution in [0.3, 0.4) is 0 Å². The zero-order chi connectivity index (χ0) is 16.7. The summed E-state index contributed by atoms with van der Waals surface area (Å²) in [5.41, 5.74) is 9.92. The summed E-state index contributed by atoms with van der Waals surface area (Å²) in [6, 6.07) is 13.9. The summed E-state index contributed by atoms with van der Waals surface area (Å²) >= 11 is 1.66. The lowest BCUT2D eigenvalue weighted by Gasteiger charge is -2.13. The zero-order valence-electron chi connectivity index (χ0n) is 13.4. The standard InChI is InChI=1S/C20H18N2OS/c1-2-15(21)12-3-5-13(6-4-12)19-17(23)8-7-16-20(19)14-9-10-24-18(14)11-22-16/h3-11,15,23H,2,21H2,1H3/t15-/m0/s1. The topological polar surface area (TPSA) is 59.1 Å². The van der Waals surface area contributed by atoms with Crippen LogP contribution in [0.1, 0.15) is 24.9 Å². The number of hydrogen-bond acceptors (Lipinski definition) is 4. The Labute approximate surface area is 144 Å². The van der Waals surface area contributed by atoms with Gasteiger partial charge >= 0.3 is 0 Å². The first-order valence-electron chi connectivity index (χ1n) is 8.03. The molecule has 2 aromatic carbocycles. The molecule has 0 aliphatic heterocycles. The maximum absolute atomic E-state index is 10.5. The highest BCUT2D eigenvalue weighted by Crippen LogP contribution is 2.40. The molecule has 1 atom stereocenters. The van der Waals surface area contributed by atoms with Crippen molar-refractivity contribution in [2.45, 2.75) is 19.4 Å².